The van der Waals surface area contributed by atoms with Gasteiger partial charge in [-0.2, -0.15) is 0 Å². The molecule has 1 amide bonds. The number of rotatable bonds is 3. The van der Waals surface area contributed by atoms with E-state index in [1.807, 2.05) is 23.2 Å². The largest absolute Gasteiger partial charge is 0.340 e. The van der Waals surface area contributed by atoms with E-state index in [1.165, 1.54) is 11.3 Å². The summed E-state index contributed by atoms with van der Waals surface area (Å²) >= 11 is 0. The molecule has 0 unspecified atom stereocenters. The average molecular weight is 336 g/mol. The van der Waals surface area contributed by atoms with Gasteiger partial charge in [-0.25, -0.2) is 4.98 Å². The van der Waals surface area contributed by atoms with Crippen LogP contribution in [0.3, 0.4) is 0 Å². The molecule has 2 aliphatic heterocycles. The molecule has 130 valence electrons. The van der Waals surface area contributed by atoms with Gasteiger partial charge in [0.05, 0.1) is 11.9 Å². The molecule has 1 aromatic heterocycles. The number of pyridine rings is 1. The van der Waals surface area contributed by atoms with Crippen LogP contribution >= 0.6 is 0 Å². The third kappa shape index (κ3) is 3.12. The molecule has 0 spiro atoms. The summed E-state index contributed by atoms with van der Waals surface area (Å²) < 4.78 is 0. The Hall–Kier alpha value is -2.40. The van der Waals surface area contributed by atoms with Crippen LogP contribution in [0.15, 0.2) is 42.6 Å². The van der Waals surface area contributed by atoms with Crippen molar-refractivity contribution in [1.82, 2.24) is 14.8 Å². The summed E-state index contributed by atoms with van der Waals surface area (Å²) in [6.45, 7) is 7.65. The average Bonchev–Trinajstić information content (AvgIpc) is 3.12. The van der Waals surface area contributed by atoms with Crippen molar-refractivity contribution in [2.45, 2.75) is 13.3 Å². The van der Waals surface area contributed by atoms with Crippen LogP contribution in [0.5, 0.6) is 0 Å². The van der Waals surface area contributed by atoms with Crippen molar-refractivity contribution in [3.63, 3.8) is 0 Å². The van der Waals surface area contributed by atoms with Crippen molar-refractivity contribution < 1.29 is 4.79 Å². The molecule has 3 heterocycles. The first-order valence-corrected chi connectivity index (χ1v) is 9.09. The highest BCUT2D eigenvalue weighted by molar-refractivity contribution is 5.92. The number of piperazine rings is 1. The molecule has 1 saturated heterocycles. The Balaban J connectivity index is 1.47. The van der Waals surface area contributed by atoms with Crippen LogP contribution < -0.4 is 4.90 Å². The summed E-state index contributed by atoms with van der Waals surface area (Å²) in [5.74, 6) is 0.0455. The molecule has 0 saturated carbocycles. The van der Waals surface area contributed by atoms with E-state index in [0.29, 0.717) is 5.69 Å². The minimum atomic E-state index is 0.0455. The Morgan fingerprint density at radius 1 is 1.04 bits per heavy atom. The monoisotopic (exact) mass is 336 g/mol. The van der Waals surface area contributed by atoms with Gasteiger partial charge >= 0.3 is 0 Å². The smallest absolute Gasteiger partial charge is 0.272 e. The standard InChI is InChI=1S/C20H24N4O/c1-2-22-11-13-23(14-12-22)20(25)18-8-7-17(15-21-18)24-10-9-16-5-3-4-6-19(16)24/h3-8,15H,2,9-14H2,1H3. The highest BCUT2D eigenvalue weighted by Crippen LogP contribution is 2.33. The lowest BCUT2D eigenvalue weighted by Gasteiger charge is -2.33. The molecule has 0 N–H and O–H groups in total. The van der Waals surface area contributed by atoms with Gasteiger partial charge in [0.15, 0.2) is 0 Å². The zero-order valence-corrected chi connectivity index (χ0v) is 14.7. The highest BCUT2D eigenvalue weighted by Gasteiger charge is 2.23. The number of para-hydroxylation sites is 1. The molecule has 5 heteroatoms. The molecule has 4 rings (SSSR count). The van der Waals surface area contributed by atoms with Crippen LogP contribution in [0.4, 0.5) is 11.4 Å². The minimum absolute atomic E-state index is 0.0455. The third-order valence-corrected chi connectivity index (χ3v) is 5.27. The van der Waals surface area contributed by atoms with E-state index in [2.05, 4.69) is 46.0 Å². The predicted octanol–water partition coefficient (Wildman–Crippen LogP) is 2.55. The Morgan fingerprint density at radius 3 is 2.56 bits per heavy atom. The Labute approximate surface area is 148 Å². The zero-order valence-electron chi connectivity index (χ0n) is 14.7. The number of anilines is 2. The topological polar surface area (TPSA) is 39.7 Å². The number of benzene rings is 1. The SMILES string of the molecule is CCN1CCN(C(=O)c2ccc(N3CCc4ccccc43)cn2)CC1. The number of aromatic nitrogens is 1. The second-order valence-corrected chi connectivity index (χ2v) is 6.66. The van der Waals surface area contributed by atoms with Gasteiger partial charge in [0, 0.05) is 38.4 Å². The van der Waals surface area contributed by atoms with Gasteiger partial charge in [0.25, 0.3) is 5.91 Å². The number of nitrogens with zero attached hydrogens (tertiary/aromatic N) is 4. The van der Waals surface area contributed by atoms with Crippen molar-refractivity contribution >= 4 is 17.3 Å². The Morgan fingerprint density at radius 2 is 1.84 bits per heavy atom. The second-order valence-electron chi connectivity index (χ2n) is 6.66. The molecule has 2 aliphatic rings. The highest BCUT2D eigenvalue weighted by atomic mass is 16.2. The van der Waals surface area contributed by atoms with Crippen molar-refractivity contribution in [2.24, 2.45) is 0 Å². The van der Waals surface area contributed by atoms with Gasteiger partial charge in [0.1, 0.15) is 5.69 Å². The van der Waals surface area contributed by atoms with E-state index in [0.717, 1.165) is 51.4 Å². The minimum Gasteiger partial charge on any atom is -0.340 e. The molecule has 0 aliphatic carbocycles. The maximum atomic E-state index is 12.7. The van der Waals surface area contributed by atoms with Gasteiger partial charge in [-0.1, -0.05) is 25.1 Å². The molecule has 1 fully saturated rings. The molecule has 2 aromatic rings. The molecular weight excluding hydrogens is 312 g/mol. The van der Waals surface area contributed by atoms with Gasteiger partial charge in [-0.15, -0.1) is 0 Å². The molecule has 5 nitrogen and oxygen atoms in total. The number of amides is 1. The summed E-state index contributed by atoms with van der Waals surface area (Å²) in [6.07, 6.45) is 2.89. The maximum absolute atomic E-state index is 12.7. The normalized spacial score (nSPS) is 17.6. The summed E-state index contributed by atoms with van der Waals surface area (Å²) in [4.78, 5) is 23.7. The number of carbonyl (C=O) groups excluding carboxylic acids is 1. The first-order chi connectivity index (χ1) is 12.3. The molecular formula is C20H24N4O. The fourth-order valence-electron chi connectivity index (χ4n) is 3.71. The van der Waals surface area contributed by atoms with Crippen LogP contribution in [0.25, 0.3) is 0 Å². The molecule has 0 atom stereocenters. The van der Waals surface area contributed by atoms with Crippen molar-refractivity contribution in [3.8, 4) is 0 Å². The fraction of sp³-hybridized carbons (Fsp3) is 0.400. The van der Waals surface area contributed by atoms with E-state index < -0.39 is 0 Å². The van der Waals surface area contributed by atoms with Crippen molar-refractivity contribution in [2.75, 3.05) is 44.2 Å². The number of likely N-dealkylation sites (N-methyl/N-ethyl adjacent to an activating group) is 1. The molecule has 0 bridgehead atoms. The predicted molar refractivity (Wildman–Crippen MR) is 99.4 cm³/mol. The van der Waals surface area contributed by atoms with Gasteiger partial charge < -0.3 is 14.7 Å². The van der Waals surface area contributed by atoms with Crippen LogP contribution in [-0.4, -0.2) is 60.0 Å². The van der Waals surface area contributed by atoms with Crippen LogP contribution in [0, 0.1) is 0 Å². The molecule has 1 aromatic carbocycles. The van der Waals surface area contributed by atoms with Crippen LogP contribution in [0.2, 0.25) is 0 Å². The van der Waals surface area contributed by atoms with Crippen LogP contribution in [0.1, 0.15) is 23.0 Å². The molecule has 0 radical (unpaired) electrons. The van der Waals surface area contributed by atoms with Crippen molar-refractivity contribution in [1.29, 1.82) is 0 Å². The third-order valence-electron chi connectivity index (χ3n) is 5.27. The Bertz CT molecular complexity index is 751. The summed E-state index contributed by atoms with van der Waals surface area (Å²) in [5.41, 5.74) is 4.22. The van der Waals surface area contributed by atoms with Gasteiger partial charge in [0.2, 0.25) is 0 Å². The number of carbonyl (C=O) groups is 1. The lowest BCUT2D eigenvalue weighted by atomic mass is 10.2. The Kier molecular flexibility index (Phi) is 4.40. The van der Waals surface area contributed by atoms with E-state index >= 15 is 0 Å². The number of hydrogen-bond acceptors (Lipinski definition) is 4. The van der Waals surface area contributed by atoms with Gasteiger partial charge in [-0.05, 0) is 36.7 Å². The van der Waals surface area contributed by atoms with Crippen molar-refractivity contribution in [3.05, 3.63) is 53.9 Å². The summed E-state index contributed by atoms with van der Waals surface area (Å²) in [6, 6.07) is 12.4. The summed E-state index contributed by atoms with van der Waals surface area (Å²) in [5, 5.41) is 0. The number of hydrogen-bond donors (Lipinski definition) is 0. The zero-order chi connectivity index (χ0) is 17.2. The lowest BCUT2D eigenvalue weighted by Crippen LogP contribution is -2.48. The van der Waals surface area contributed by atoms with Gasteiger partial charge in [-0.3, -0.25) is 4.79 Å². The first-order valence-electron chi connectivity index (χ1n) is 9.09. The summed E-state index contributed by atoms with van der Waals surface area (Å²) in [7, 11) is 0. The molecule has 25 heavy (non-hydrogen) atoms. The van der Waals surface area contributed by atoms with Crippen LogP contribution in [-0.2, 0) is 6.42 Å². The quantitative estimate of drug-likeness (QED) is 0.864. The second kappa shape index (κ2) is 6.84. The lowest BCUT2D eigenvalue weighted by molar-refractivity contribution is 0.0637. The van der Waals surface area contributed by atoms with E-state index in [9.17, 15) is 4.79 Å². The maximum Gasteiger partial charge on any atom is 0.272 e. The van der Waals surface area contributed by atoms with E-state index in [-0.39, 0.29) is 5.91 Å². The fourth-order valence-corrected chi connectivity index (χ4v) is 3.71. The number of fused-ring (bicyclic) bond motifs is 1. The van der Waals surface area contributed by atoms with E-state index in [4.69, 9.17) is 0 Å². The first kappa shape index (κ1) is 16.1. The van der Waals surface area contributed by atoms with E-state index in [1.54, 1.807) is 0 Å².